The number of amides is 1. The number of β-amino-alcohol motifs (C(OH)–C–C–N with tert-alkyl or cyclic N) is 1. The second-order valence-corrected chi connectivity index (χ2v) is 11.6. The first-order chi connectivity index (χ1) is 17.2. The van der Waals surface area contributed by atoms with E-state index in [-0.39, 0.29) is 11.8 Å². The predicted octanol–water partition coefficient (Wildman–Crippen LogP) is 3.35. The van der Waals surface area contributed by atoms with E-state index in [0.29, 0.717) is 38.0 Å². The number of anilines is 1. The number of nitrogens with zero attached hydrogens (tertiary/aromatic N) is 5. The Labute approximate surface area is 213 Å². The van der Waals surface area contributed by atoms with Gasteiger partial charge in [-0.05, 0) is 68.9 Å². The Morgan fingerprint density at radius 3 is 2.69 bits per heavy atom. The third kappa shape index (κ3) is 5.66. The third-order valence-corrected chi connectivity index (χ3v) is 7.93. The number of carbonyl (C=O) groups is 1. The van der Waals surface area contributed by atoms with Crippen molar-refractivity contribution in [3.63, 3.8) is 0 Å². The number of likely N-dealkylation sites (tertiary alicyclic amines) is 1. The molecular weight excluding hydrogens is 458 g/mol. The molecule has 9 heteroatoms. The van der Waals surface area contributed by atoms with E-state index < -0.39 is 5.60 Å². The molecule has 1 N–H and O–H groups in total. The number of carbonyl (C=O) groups excluding carboxylic acids is 1. The Morgan fingerprint density at radius 2 is 2.06 bits per heavy atom. The summed E-state index contributed by atoms with van der Waals surface area (Å²) in [5.74, 6) is 4.06. The lowest BCUT2D eigenvalue weighted by atomic mass is 9.90. The van der Waals surface area contributed by atoms with Crippen molar-refractivity contribution in [3.05, 3.63) is 29.2 Å². The first-order valence-electron chi connectivity index (χ1n) is 13.4. The van der Waals surface area contributed by atoms with Crippen molar-refractivity contribution in [2.24, 2.45) is 17.8 Å². The molecule has 2 saturated heterocycles. The van der Waals surface area contributed by atoms with Crippen LogP contribution in [0.15, 0.2) is 16.8 Å². The van der Waals surface area contributed by atoms with E-state index in [1.807, 2.05) is 13.0 Å². The van der Waals surface area contributed by atoms with Gasteiger partial charge < -0.3 is 24.2 Å². The van der Waals surface area contributed by atoms with Crippen LogP contribution in [-0.4, -0.2) is 69.4 Å². The van der Waals surface area contributed by atoms with Gasteiger partial charge in [0.25, 0.3) is 0 Å². The van der Waals surface area contributed by atoms with Gasteiger partial charge in [-0.25, -0.2) is 4.98 Å². The van der Waals surface area contributed by atoms with Crippen LogP contribution in [0.5, 0.6) is 5.88 Å². The number of piperidine rings is 1. The van der Waals surface area contributed by atoms with Gasteiger partial charge in [-0.1, -0.05) is 19.0 Å². The van der Waals surface area contributed by atoms with Crippen molar-refractivity contribution in [2.45, 2.75) is 71.3 Å². The van der Waals surface area contributed by atoms with E-state index in [1.165, 1.54) is 19.3 Å². The van der Waals surface area contributed by atoms with E-state index in [9.17, 15) is 9.90 Å². The fourth-order valence-electron chi connectivity index (χ4n) is 5.70. The summed E-state index contributed by atoms with van der Waals surface area (Å²) < 4.78 is 11.5. The quantitative estimate of drug-likeness (QED) is 0.562. The average Bonchev–Trinajstić information content (AvgIpc) is 3.41. The van der Waals surface area contributed by atoms with Crippen LogP contribution < -0.4 is 9.64 Å². The van der Waals surface area contributed by atoms with Gasteiger partial charge in [0, 0.05) is 30.8 Å². The molecule has 0 bridgehead atoms. The number of hydrogen-bond acceptors (Lipinski definition) is 8. The smallest absolute Gasteiger partial charge is 0.324 e. The summed E-state index contributed by atoms with van der Waals surface area (Å²) >= 11 is 0. The van der Waals surface area contributed by atoms with E-state index in [2.05, 4.69) is 33.9 Å². The zero-order valence-electron chi connectivity index (χ0n) is 21.9. The number of ether oxygens (including phenoxy) is 1. The van der Waals surface area contributed by atoms with Gasteiger partial charge in [0.1, 0.15) is 0 Å². The molecule has 2 aromatic rings. The van der Waals surface area contributed by atoms with Crippen molar-refractivity contribution >= 4 is 11.9 Å². The van der Waals surface area contributed by atoms with Gasteiger partial charge in [0.05, 0.1) is 31.7 Å². The summed E-state index contributed by atoms with van der Waals surface area (Å²) in [6.45, 7) is 11.3. The Balaban J connectivity index is 1.01. The lowest BCUT2D eigenvalue weighted by Gasteiger charge is -2.44. The van der Waals surface area contributed by atoms with Gasteiger partial charge in [-0.3, -0.25) is 4.79 Å². The monoisotopic (exact) mass is 497 g/mol. The minimum absolute atomic E-state index is 0.0272. The van der Waals surface area contributed by atoms with Crippen molar-refractivity contribution < 1.29 is 19.2 Å². The molecule has 5 rings (SSSR count). The van der Waals surface area contributed by atoms with Crippen LogP contribution >= 0.6 is 0 Å². The van der Waals surface area contributed by atoms with Crippen LogP contribution in [0.1, 0.15) is 69.3 Å². The van der Waals surface area contributed by atoms with Crippen molar-refractivity contribution in [3.8, 4) is 5.88 Å². The van der Waals surface area contributed by atoms with Crippen LogP contribution in [0.4, 0.5) is 6.01 Å². The summed E-state index contributed by atoms with van der Waals surface area (Å²) in [6, 6.07) is 2.66. The maximum Gasteiger partial charge on any atom is 0.324 e. The van der Waals surface area contributed by atoms with E-state index >= 15 is 0 Å². The highest BCUT2D eigenvalue weighted by atomic mass is 16.5. The summed E-state index contributed by atoms with van der Waals surface area (Å²) in [5, 5.41) is 13.9. The highest BCUT2D eigenvalue weighted by molar-refractivity contribution is 5.79. The molecule has 1 saturated carbocycles. The largest absolute Gasteiger partial charge is 0.477 e. The second-order valence-electron chi connectivity index (χ2n) is 11.6. The molecule has 36 heavy (non-hydrogen) atoms. The molecule has 196 valence electrons. The summed E-state index contributed by atoms with van der Waals surface area (Å²) in [5.41, 5.74) is 1.09. The lowest BCUT2D eigenvalue weighted by molar-refractivity contribution is -0.151. The van der Waals surface area contributed by atoms with E-state index in [4.69, 9.17) is 9.26 Å². The van der Waals surface area contributed by atoms with Gasteiger partial charge >= 0.3 is 6.01 Å². The Morgan fingerprint density at radius 1 is 1.31 bits per heavy atom. The molecule has 2 aliphatic heterocycles. The topological polar surface area (TPSA) is 105 Å². The van der Waals surface area contributed by atoms with Crippen molar-refractivity contribution in [2.75, 3.05) is 37.7 Å². The zero-order valence-corrected chi connectivity index (χ0v) is 21.9. The Hall–Kier alpha value is -2.68. The second kappa shape index (κ2) is 10.00. The SMILES string of the molecule is Cc1cc(CC(=O)N2CC(C)(O)C2)cnc1OCC[C@@H]1C[C@@H]1C1CCN(c2nc(C(C)C)no2)CC1. The van der Waals surface area contributed by atoms with Gasteiger partial charge in [-0.2, -0.15) is 4.98 Å². The molecule has 0 unspecified atom stereocenters. The van der Waals surface area contributed by atoms with Crippen LogP contribution in [0.25, 0.3) is 0 Å². The number of aliphatic hydroxyl groups is 1. The highest BCUT2D eigenvalue weighted by Crippen LogP contribution is 2.50. The number of aryl methyl sites for hydroxylation is 1. The minimum atomic E-state index is -0.744. The summed E-state index contributed by atoms with van der Waals surface area (Å²) in [6.07, 6.45) is 6.75. The van der Waals surface area contributed by atoms with Crippen LogP contribution in [-0.2, 0) is 11.2 Å². The number of pyridine rings is 1. The average molecular weight is 498 g/mol. The van der Waals surface area contributed by atoms with Crippen LogP contribution in [0.3, 0.4) is 0 Å². The molecule has 0 spiro atoms. The van der Waals surface area contributed by atoms with Gasteiger partial charge in [0.2, 0.25) is 11.8 Å². The fraction of sp³-hybridized carbons (Fsp3) is 0.704. The van der Waals surface area contributed by atoms with E-state index in [0.717, 1.165) is 54.2 Å². The molecule has 2 aromatic heterocycles. The summed E-state index contributed by atoms with van der Waals surface area (Å²) in [7, 11) is 0. The normalized spacial score (nSPS) is 23.6. The Kier molecular flexibility index (Phi) is 6.94. The number of aromatic nitrogens is 3. The first kappa shape index (κ1) is 25.0. The number of hydrogen-bond donors (Lipinski definition) is 1. The standard InChI is InChI=1S/C27H39N5O4/c1-17(2)24-29-26(36-30-24)31-8-5-20(6-9-31)22-13-21(22)7-10-35-25-18(3)11-19(14-28-25)12-23(33)32-15-27(4,34)16-32/h11,14,17,20-22,34H,5-10,12-13,15-16H2,1-4H3/t21-,22-/m1/s1. The molecule has 0 aromatic carbocycles. The van der Waals surface area contributed by atoms with Crippen LogP contribution in [0.2, 0.25) is 0 Å². The fourth-order valence-corrected chi connectivity index (χ4v) is 5.70. The molecule has 2 atom stereocenters. The maximum atomic E-state index is 12.4. The lowest BCUT2D eigenvalue weighted by Crippen LogP contribution is -2.62. The van der Waals surface area contributed by atoms with E-state index in [1.54, 1.807) is 18.0 Å². The molecule has 1 amide bonds. The highest BCUT2D eigenvalue weighted by Gasteiger charge is 2.43. The number of rotatable bonds is 9. The minimum Gasteiger partial charge on any atom is -0.477 e. The molecule has 3 aliphatic rings. The van der Waals surface area contributed by atoms with Crippen molar-refractivity contribution in [1.29, 1.82) is 0 Å². The first-order valence-corrected chi connectivity index (χ1v) is 13.4. The third-order valence-electron chi connectivity index (χ3n) is 7.93. The van der Waals surface area contributed by atoms with Gasteiger partial charge in [-0.15, -0.1) is 0 Å². The molecular formula is C27H39N5O4. The Bertz CT molecular complexity index is 1070. The van der Waals surface area contributed by atoms with Crippen LogP contribution in [0, 0.1) is 24.7 Å². The molecule has 3 fully saturated rings. The molecule has 0 radical (unpaired) electrons. The molecule has 9 nitrogen and oxygen atoms in total. The zero-order chi connectivity index (χ0) is 25.4. The summed E-state index contributed by atoms with van der Waals surface area (Å²) in [4.78, 5) is 25.3. The van der Waals surface area contributed by atoms with Gasteiger partial charge in [0.15, 0.2) is 5.82 Å². The van der Waals surface area contributed by atoms with Crippen molar-refractivity contribution in [1.82, 2.24) is 20.0 Å². The molecule has 1 aliphatic carbocycles. The maximum absolute atomic E-state index is 12.4. The molecule has 4 heterocycles. The predicted molar refractivity (Wildman–Crippen MR) is 135 cm³/mol.